The summed E-state index contributed by atoms with van der Waals surface area (Å²) in [5, 5.41) is -0.436. The molecular weight excluding hydrogens is 390 g/mol. The van der Waals surface area contributed by atoms with E-state index in [4.69, 9.17) is 9.47 Å². The van der Waals surface area contributed by atoms with E-state index in [0.29, 0.717) is 23.5 Å². The van der Waals surface area contributed by atoms with Gasteiger partial charge < -0.3 is 14.4 Å². The summed E-state index contributed by atoms with van der Waals surface area (Å²) in [6.07, 6.45) is 2.67. The molecule has 2 atom stereocenters. The molecule has 154 valence electrons. The topological polar surface area (TPSA) is 72.9 Å². The first-order valence-corrected chi connectivity index (χ1v) is 11.4. The highest BCUT2D eigenvalue weighted by atomic mass is 32.2. The van der Waals surface area contributed by atoms with E-state index < -0.39 is 15.1 Å². The third-order valence-electron chi connectivity index (χ3n) is 5.91. The maximum absolute atomic E-state index is 13.0. The van der Waals surface area contributed by atoms with E-state index in [1.807, 2.05) is 11.0 Å². The fourth-order valence-electron chi connectivity index (χ4n) is 4.48. The lowest BCUT2D eigenvalue weighted by Crippen LogP contribution is -2.51. The van der Waals surface area contributed by atoms with E-state index in [9.17, 15) is 13.2 Å². The van der Waals surface area contributed by atoms with Gasteiger partial charge in [0.25, 0.3) is 5.91 Å². The Morgan fingerprint density at radius 1 is 0.966 bits per heavy atom. The number of benzene rings is 2. The average Bonchev–Trinajstić information content (AvgIpc) is 3.02. The number of rotatable bonds is 6. The van der Waals surface area contributed by atoms with Crippen molar-refractivity contribution >= 4 is 15.7 Å². The number of sulfone groups is 1. The summed E-state index contributed by atoms with van der Waals surface area (Å²) in [6.45, 7) is -0.0462. The van der Waals surface area contributed by atoms with Crippen LogP contribution in [-0.2, 0) is 14.6 Å². The molecule has 2 aliphatic rings. The van der Waals surface area contributed by atoms with Gasteiger partial charge in [-0.25, -0.2) is 8.42 Å². The molecule has 6 nitrogen and oxygen atoms in total. The highest BCUT2D eigenvalue weighted by molar-refractivity contribution is 7.92. The highest BCUT2D eigenvalue weighted by Gasteiger charge is 2.47. The minimum Gasteiger partial charge on any atom is -0.497 e. The SMILES string of the molecule is COc1ccc(OCC(=O)N2C3CCC2CC(S(=O)(=O)c2ccccc2)C3)cc1. The Hall–Kier alpha value is -2.54. The smallest absolute Gasteiger partial charge is 0.261 e. The molecule has 0 radical (unpaired) electrons. The van der Waals surface area contributed by atoms with Crippen LogP contribution in [-0.4, -0.2) is 50.3 Å². The number of hydrogen-bond acceptors (Lipinski definition) is 5. The van der Waals surface area contributed by atoms with Crippen molar-refractivity contribution in [2.75, 3.05) is 13.7 Å². The number of piperidine rings is 1. The molecule has 2 heterocycles. The second-order valence-electron chi connectivity index (χ2n) is 7.60. The van der Waals surface area contributed by atoms with Gasteiger partial charge in [-0.05, 0) is 62.1 Å². The zero-order valence-corrected chi connectivity index (χ0v) is 17.2. The Bertz CT molecular complexity index is 944. The third-order valence-corrected chi connectivity index (χ3v) is 8.10. The Labute approximate surface area is 171 Å². The zero-order valence-electron chi connectivity index (χ0n) is 16.4. The first-order chi connectivity index (χ1) is 14.0. The van der Waals surface area contributed by atoms with Crippen molar-refractivity contribution in [2.45, 2.75) is 47.9 Å². The number of hydrogen-bond donors (Lipinski definition) is 0. The number of carbonyl (C=O) groups excluding carboxylic acids is 1. The lowest BCUT2D eigenvalue weighted by molar-refractivity contribution is -0.137. The summed E-state index contributed by atoms with van der Waals surface area (Å²) in [5.41, 5.74) is 0. The van der Waals surface area contributed by atoms with Gasteiger partial charge in [0, 0.05) is 12.1 Å². The van der Waals surface area contributed by atoms with Crippen LogP contribution >= 0.6 is 0 Å². The zero-order chi connectivity index (χ0) is 20.4. The van der Waals surface area contributed by atoms with Gasteiger partial charge in [0.15, 0.2) is 16.4 Å². The van der Waals surface area contributed by atoms with Crippen molar-refractivity contribution in [2.24, 2.45) is 0 Å². The van der Waals surface area contributed by atoms with E-state index in [1.165, 1.54) is 0 Å². The molecule has 7 heteroatoms. The predicted molar refractivity (Wildman–Crippen MR) is 109 cm³/mol. The van der Waals surface area contributed by atoms with Crippen LogP contribution in [0.25, 0.3) is 0 Å². The van der Waals surface area contributed by atoms with Crippen molar-refractivity contribution in [1.82, 2.24) is 4.90 Å². The Morgan fingerprint density at radius 3 is 2.14 bits per heavy atom. The van der Waals surface area contributed by atoms with Crippen LogP contribution in [0.15, 0.2) is 59.5 Å². The number of ether oxygens (including phenoxy) is 2. The second kappa shape index (κ2) is 8.06. The van der Waals surface area contributed by atoms with Gasteiger partial charge in [-0.3, -0.25) is 4.79 Å². The van der Waals surface area contributed by atoms with E-state index in [2.05, 4.69) is 0 Å². The van der Waals surface area contributed by atoms with Crippen molar-refractivity contribution < 1.29 is 22.7 Å². The largest absolute Gasteiger partial charge is 0.497 e. The molecule has 2 aromatic carbocycles. The molecule has 4 rings (SSSR count). The summed E-state index contributed by atoms with van der Waals surface area (Å²) in [7, 11) is -1.79. The normalized spacial score (nSPS) is 23.6. The standard InChI is InChI=1S/C22H25NO5S/c1-27-18-9-11-19(12-10-18)28-15-22(24)23-16-7-8-17(23)14-21(13-16)29(25,26)20-5-3-2-4-6-20/h2-6,9-12,16-17,21H,7-8,13-15H2,1H3. The number of nitrogens with zero attached hydrogens (tertiary/aromatic N) is 1. The molecular formula is C22H25NO5S. The van der Waals surface area contributed by atoms with Crippen LogP contribution in [0.5, 0.6) is 11.5 Å². The monoisotopic (exact) mass is 415 g/mol. The van der Waals surface area contributed by atoms with Gasteiger partial charge in [-0.1, -0.05) is 18.2 Å². The fourth-order valence-corrected chi connectivity index (χ4v) is 6.35. The third kappa shape index (κ3) is 3.96. The minimum atomic E-state index is -3.38. The van der Waals surface area contributed by atoms with E-state index in [0.717, 1.165) is 18.6 Å². The van der Waals surface area contributed by atoms with Crippen molar-refractivity contribution in [3.8, 4) is 11.5 Å². The molecule has 1 amide bonds. The van der Waals surface area contributed by atoms with Crippen LogP contribution in [0.3, 0.4) is 0 Å². The lowest BCUT2D eigenvalue weighted by Gasteiger charge is -2.38. The first-order valence-electron chi connectivity index (χ1n) is 9.86. The number of amides is 1. The summed E-state index contributed by atoms with van der Waals surface area (Å²) >= 11 is 0. The van der Waals surface area contributed by atoms with Gasteiger partial charge in [-0.15, -0.1) is 0 Å². The second-order valence-corrected chi connectivity index (χ2v) is 9.83. The van der Waals surface area contributed by atoms with Gasteiger partial charge in [0.05, 0.1) is 17.3 Å². The minimum absolute atomic E-state index is 0.0378. The highest BCUT2D eigenvalue weighted by Crippen LogP contribution is 2.39. The number of fused-ring (bicyclic) bond motifs is 2. The molecule has 0 aromatic heterocycles. The van der Waals surface area contributed by atoms with Crippen LogP contribution in [0, 0.1) is 0 Å². The molecule has 0 aliphatic carbocycles. The van der Waals surface area contributed by atoms with Crippen molar-refractivity contribution in [3.05, 3.63) is 54.6 Å². The average molecular weight is 416 g/mol. The summed E-state index contributed by atoms with van der Waals surface area (Å²) in [4.78, 5) is 15.0. The van der Waals surface area contributed by atoms with E-state index in [-0.39, 0.29) is 24.6 Å². The molecule has 0 saturated carbocycles. The Morgan fingerprint density at radius 2 is 1.55 bits per heavy atom. The molecule has 29 heavy (non-hydrogen) atoms. The van der Waals surface area contributed by atoms with Crippen molar-refractivity contribution in [3.63, 3.8) is 0 Å². The van der Waals surface area contributed by atoms with Crippen LogP contribution < -0.4 is 9.47 Å². The predicted octanol–water partition coefficient (Wildman–Crippen LogP) is 3.07. The fraction of sp³-hybridized carbons (Fsp3) is 0.409. The van der Waals surface area contributed by atoms with E-state index >= 15 is 0 Å². The summed E-state index contributed by atoms with van der Waals surface area (Å²) < 4.78 is 36.8. The van der Waals surface area contributed by atoms with Crippen LogP contribution in [0.1, 0.15) is 25.7 Å². The van der Waals surface area contributed by atoms with Crippen molar-refractivity contribution in [1.29, 1.82) is 0 Å². The van der Waals surface area contributed by atoms with Crippen LogP contribution in [0.2, 0.25) is 0 Å². The van der Waals surface area contributed by atoms with E-state index in [1.54, 1.807) is 55.6 Å². The maximum atomic E-state index is 13.0. The van der Waals surface area contributed by atoms with Gasteiger partial charge in [-0.2, -0.15) is 0 Å². The molecule has 0 spiro atoms. The molecule has 0 N–H and O–H groups in total. The quantitative estimate of drug-likeness (QED) is 0.725. The summed E-state index contributed by atoms with van der Waals surface area (Å²) in [5.74, 6) is 1.25. The Balaban J connectivity index is 1.40. The molecule has 2 bridgehead atoms. The molecule has 2 fully saturated rings. The maximum Gasteiger partial charge on any atom is 0.261 e. The number of carbonyl (C=O) groups is 1. The lowest BCUT2D eigenvalue weighted by atomic mass is 10.0. The molecule has 2 aliphatic heterocycles. The summed E-state index contributed by atoms with van der Waals surface area (Å²) in [6, 6.07) is 15.6. The van der Waals surface area contributed by atoms with Gasteiger partial charge >= 0.3 is 0 Å². The Kier molecular flexibility index (Phi) is 5.50. The molecule has 2 aromatic rings. The first kappa shape index (κ1) is 19.8. The molecule has 2 unspecified atom stereocenters. The number of methoxy groups -OCH3 is 1. The molecule has 2 saturated heterocycles. The van der Waals surface area contributed by atoms with Gasteiger partial charge in [0.2, 0.25) is 0 Å². The van der Waals surface area contributed by atoms with Crippen LogP contribution in [0.4, 0.5) is 0 Å². The van der Waals surface area contributed by atoms with Gasteiger partial charge in [0.1, 0.15) is 11.5 Å².